The molecule has 0 radical (unpaired) electrons. The fraction of sp³-hybridized carbons (Fsp3) is 0.455. The summed E-state index contributed by atoms with van der Waals surface area (Å²) in [6.07, 6.45) is -3.11. The number of aromatic nitrogens is 1. The van der Waals surface area contributed by atoms with E-state index < -0.39 is 17.8 Å². The number of hydrogen-bond acceptors (Lipinski definition) is 5. The Morgan fingerprint density at radius 1 is 1.26 bits per heavy atom. The Kier molecular flexibility index (Phi) is 5.55. The average molecular weight is 435 g/mol. The van der Waals surface area contributed by atoms with Gasteiger partial charge >= 0.3 is 6.18 Å². The third-order valence-electron chi connectivity index (χ3n) is 5.72. The Balaban J connectivity index is 1.67. The van der Waals surface area contributed by atoms with Crippen molar-refractivity contribution in [3.63, 3.8) is 0 Å². The fourth-order valence-corrected chi connectivity index (χ4v) is 3.82. The number of nitrogens with zero attached hydrogens (tertiary/aromatic N) is 2. The average Bonchev–Trinajstić information content (AvgIpc) is 3.09. The van der Waals surface area contributed by atoms with Gasteiger partial charge in [-0.05, 0) is 31.5 Å². The van der Waals surface area contributed by atoms with E-state index in [0.717, 1.165) is 29.5 Å². The van der Waals surface area contributed by atoms with Crippen LogP contribution in [0.5, 0.6) is 5.75 Å². The van der Waals surface area contributed by atoms with Crippen LogP contribution in [0.2, 0.25) is 0 Å². The van der Waals surface area contributed by atoms with Crippen molar-refractivity contribution in [3.05, 3.63) is 47.3 Å². The van der Waals surface area contributed by atoms with Gasteiger partial charge < -0.3 is 19.7 Å². The largest absolute Gasteiger partial charge is 0.487 e. The summed E-state index contributed by atoms with van der Waals surface area (Å²) >= 11 is 0. The predicted molar refractivity (Wildman–Crippen MR) is 110 cm³/mol. The van der Waals surface area contributed by atoms with Crippen molar-refractivity contribution in [3.8, 4) is 5.75 Å². The number of hydrogen-bond donors (Lipinski definition) is 1. The van der Waals surface area contributed by atoms with Gasteiger partial charge in [-0.15, -0.1) is 0 Å². The lowest BCUT2D eigenvalue weighted by molar-refractivity contribution is -0.141. The number of anilines is 2. The lowest BCUT2D eigenvalue weighted by atomic mass is 9.96. The van der Waals surface area contributed by atoms with Gasteiger partial charge in [-0.2, -0.15) is 13.2 Å². The summed E-state index contributed by atoms with van der Waals surface area (Å²) in [6, 6.07) is 7.04. The number of benzene rings is 1. The molecule has 1 aromatic heterocycles. The van der Waals surface area contributed by atoms with E-state index in [9.17, 15) is 18.0 Å². The number of amides is 1. The first-order valence-corrected chi connectivity index (χ1v) is 10.2. The minimum atomic E-state index is -4.62. The molecule has 1 N–H and O–H groups in total. The first-order valence-electron chi connectivity index (χ1n) is 10.2. The van der Waals surface area contributed by atoms with E-state index in [1.54, 1.807) is 0 Å². The maximum absolute atomic E-state index is 13.0. The van der Waals surface area contributed by atoms with Crippen molar-refractivity contribution in [2.24, 2.45) is 0 Å². The van der Waals surface area contributed by atoms with Gasteiger partial charge in [0.25, 0.3) is 5.91 Å². The van der Waals surface area contributed by atoms with Gasteiger partial charge in [-0.3, -0.25) is 4.79 Å². The van der Waals surface area contributed by atoms with Gasteiger partial charge in [-0.25, -0.2) is 4.98 Å². The molecule has 1 amide bonds. The van der Waals surface area contributed by atoms with Crippen LogP contribution >= 0.6 is 0 Å². The van der Waals surface area contributed by atoms with Crippen molar-refractivity contribution in [1.82, 2.24) is 4.98 Å². The number of morpholine rings is 1. The highest BCUT2D eigenvalue weighted by Gasteiger charge is 2.35. The third kappa shape index (κ3) is 4.46. The molecule has 0 saturated carbocycles. The molecule has 0 bridgehead atoms. The number of carbonyl (C=O) groups excluding carboxylic acids is 1. The summed E-state index contributed by atoms with van der Waals surface area (Å²) in [5.74, 6) is 0.0683. The summed E-state index contributed by atoms with van der Waals surface area (Å²) in [5.41, 5.74) is 0.508. The van der Waals surface area contributed by atoms with Crippen molar-refractivity contribution in [1.29, 1.82) is 0 Å². The van der Waals surface area contributed by atoms with Crippen LogP contribution < -0.4 is 15.0 Å². The molecule has 6 nitrogen and oxygen atoms in total. The maximum atomic E-state index is 13.0. The zero-order valence-corrected chi connectivity index (χ0v) is 17.4. The molecule has 1 saturated heterocycles. The smallest absolute Gasteiger partial charge is 0.433 e. The SMILES string of the molecule is CCC1(C)Cc2cc(NC(=O)c3cccc(C(F)(F)F)n3)c(N3CCOCC3)cc2O1. The zero-order chi connectivity index (χ0) is 22.2. The summed E-state index contributed by atoms with van der Waals surface area (Å²) in [7, 11) is 0. The molecule has 0 aliphatic carbocycles. The van der Waals surface area contributed by atoms with Gasteiger partial charge in [0, 0.05) is 31.1 Å². The third-order valence-corrected chi connectivity index (χ3v) is 5.72. The van der Waals surface area contributed by atoms with Crippen LogP contribution in [0.25, 0.3) is 0 Å². The molecular formula is C22H24F3N3O3. The molecule has 9 heteroatoms. The van der Waals surface area contributed by atoms with Crippen LogP contribution in [0.4, 0.5) is 24.5 Å². The van der Waals surface area contributed by atoms with Crippen LogP contribution in [-0.4, -0.2) is 42.8 Å². The van der Waals surface area contributed by atoms with Gasteiger partial charge in [0.2, 0.25) is 0 Å². The van der Waals surface area contributed by atoms with Crippen LogP contribution in [0.1, 0.15) is 42.0 Å². The number of alkyl halides is 3. The van der Waals surface area contributed by atoms with E-state index >= 15 is 0 Å². The second kappa shape index (κ2) is 8.03. The Hall–Kier alpha value is -2.81. The van der Waals surface area contributed by atoms with Gasteiger partial charge in [0.1, 0.15) is 22.7 Å². The first kappa shape index (κ1) is 21.4. The minimum absolute atomic E-state index is 0.294. The van der Waals surface area contributed by atoms with Gasteiger partial charge in [-0.1, -0.05) is 13.0 Å². The minimum Gasteiger partial charge on any atom is -0.487 e. The molecule has 166 valence electrons. The summed E-state index contributed by atoms with van der Waals surface area (Å²) in [5, 5.41) is 2.77. The molecule has 0 spiro atoms. The normalized spacial score (nSPS) is 20.9. The number of pyridine rings is 1. The van der Waals surface area contributed by atoms with E-state index in [0.29, 0.717) is 38.4 Å². The summed E-state index contributed by atoms with van der Waals surface area (Å²) < 4.78 is 50.6. The number of carbonyl (C=O) groups is 1. The van der Waals surface area contributed by atoms with Crippen molar-refractivity contribution in [2.45, 2.75) is 38.5 Å². The number of nitrogens with one attached hydrogen (secondary N) is 1. The quantitative estimate of drug-likeness (QED) is 0.776. The Morgan fingerprint density at radius 2 is 2.00 bits per heavy atom. The van der Waals surface area contributed by atoms with E-state index in [1.165, 1.54) is 12.1 Å². The van der Waals surface area contributed by atoms with Gasteiger partial charge in [0.05, 0.1) is 24.6 Å². The zero-order valence-electron chi connectivity index (χ0n) is 17.4. The summed E-state index contributed by atoms with van der Waals surface area (Å²) in [4.78, 5) is 18.4. The van der Waals surface area contributed by atoms with Crippen molar-refractivity contribution in [2.75, 3.05) is 36.5 Å². The molecule has 1 atom stereocenters. The van der Waals surface area contributed by atoms with Gasteiger partial charge in [0.15, 0.2) is 0 Å². The molecule has 1 unspecified atom stereocenters. The molecule has 2 aliphatic heterocycles. The van der Waals surface area contributed by atoms with Crippen molar-refractivity contribution >= 4 is 17.3 Å². The van der Waals surface area contributed by atoms with Crippen molar-refractivity contribution < 1.29 is 27.4 Å². The van der Waals surface area contributed by atoms with Crippen LogP contribution in [-0.2, 0) is 17.3 Å². The molecule has 1 aromatic carbocycles. The highest BCUT2D eigenvalue weighted by molar-refractivity contribution is 6.05. The van der Waals surface area contributed by atoms with E-state index in [1.807, 2.05) is 19.1 Å². The molecule has 2 aliphatic rings. The van der Waals surface area contributed by atoms with Crippen LogP contribution in [0.3, 0.4) is 0 Å². The Morgan fingerprint density at radius 3 is 2.68 bits per heavy atom. The highest BCUT2D eigenvalue weighted by Crippen LogP contribution is 2.43. The standard InChI is InChI=1S/C22H24F3N3O3/c1-3-21(2)13-14-11-16(17(12-18(14)31-21)28-7-9-30-10-8-28)27-20(29)15-5-4-6-19(26-15)22(23,24)25/h4-6,11-12H,3,7-10,13H2,1-2H3,(H,27,29). The number of ether oxygens (including phenoxy) is 2. The molecule has 2 aromatic rings. The first-order chi connectivity index (χ1) is 14.7. The number of fused-ring (bicyclic) bond motifs is 1. The predicted octanol–water partition coefficient (Wildman–Crippen LogP) is 4.29. The van der Waals surface area contributed by atoms with E-state index in [4.69, 9.17) is 9.47 Å². The van der Waals surface area contributed by atoms with E-state index in [-0.39, 0.29) is 11.3 Å². The second-order valence-electron chi connectivity index (χ2n) is 8.02. The maximum Gasteiger partial charge on any atom is 0.433 e. The number of rotatable bonds is 4. The molecule has 1 fully saturated rings. The Bertz CT molecular complexity index is 990. The molecular weight excluding hydrogens is 411 g/mol. The molecule has 4 rings (SSSR count). The lowest BCUT2D eigenvalue weighted by Gasteiger charge is -2.31. The van der Waals surface area contributed by atoms with Crippen LogP contribution in [0, 0.1) is 0 Å². The molecule has 31 heavy (non-hydrogen) atoms. The fourth-order valence-electron chi connectivity index (χ4n) is 3.82. The monoisotopic (exact) mass is 435 g/mol. The van der Waals surface area contributed by atoms with Crippen LogP contribution in [0.15, 0.2) is 30.3 Å². The lowest BCUT2D eigenvalue weighted by Crippen LogP contribution is -2.36. The highest BCUT2D eigenvalue weighted by atomic mass is 19.4. The topological polar surface area (TPSA) is 63.7 Å². The second-order valence-corrected chi connectivity index (χ2v) is 8.02. The Labute approximate surface area is 178 Å². The van der Waals surface area contributed by atoms with E-state index in [2.05, 4.69) is 22.1 Å². The molecule has 3 heterocycles. The summed E-state index contributed by atoms with van der Waals surface area (Å²) in [6.45, 7) is 6.45. The number of halogens is 3.